The van der Waals surface area contributed by atoms with Gasteiger partial charge in [0.25, 0.3) is 0 Å². The molecule has 0 aliphatic carbocycles. The second-order valence-corrected chi connectivity index (χ2v) is 8.43. The maximum atomic E-state index is 13.0. The number of hydrogen-bond acceptors (Lipinski definition) is 2. The Labute approximate surface area is 189 Å². The van der Waals surface area contributed by atoms with Crippen molar-refractivity contribution in [2.75, 3.05) is 6.54 Å². The normalized spacial score (nSPS) is 13.8. The number of nitrogens with zero attached hydrogens (tertiary/aromatic N) is 3. The predicted molar refractivity (Wildman–Crippen MR) is 121 cm³/mol. The molecule has 5 nitrogen and oxygen atoms in total. The predicted octanol–water partition coefficient (Wildman–Crippen LogP) is 5.72. The molecule has 4 rings (SSSR count). The van der Waals surface area contributed by atoms with Gasteiger partial charge in [-0.25, -0.2) is 4.68 Å². The van der Waals surface area contributed by atoms with Crippen LogP contribution in [0.2, 0.25) is 15.1 Å². The van der Waals surface area contributed by atoms with Crippen molar-refractivity contribution in [1.29, 1.82) is 0 Å². The van der Waals surface area contributed by atoms with Gasteiger partial charge in [-0.3, -0.25) is 4.79 Å². The molecule has 30 heavy (non-hydrogen) atoms. The van der Waals surface area contributed by atoms with Crippen molar-refractivity contribution in [1.82, 2.24) is 15.2 Å². The summed E-state index contributed by atoms with van der Waals surface area (Å²) >= 11 is 18.6. The van der Waals surface area contributed by atoms with Crippen LogP contribution in [0.15, 0.2) is 42.5 Å². The van der Waals surface area contributed by atoms with E-state index >= 15 is 0 Å². The highest BCUT2D eigenvalue weighted by Crippen LogP contribution is 2.33. The first kappa shape index (κ1) is 20.9. The Kier molecular flexibility index (Phi) is 6.14. The fourth-order valence-corrected chi connectivity index (χ4v) is 4.15. The molecule has 154 valence electrons. The molecule has 1 aliphatic rings. The van der Waals surface area contributed by atoms with Crippen LogP contribution < -0.4 is 5.43 Å². The summed E-state index contributed by atoms with van der Waals surface area (Å²) in [6.45, 7) is 2.67. The summed E-state index contributed by atoms with van der Waals surface area (Å²) in [6.07, 6.45) is 5.13. The molecule has 0 bridgehead atoms. The minimum atomic E-state index is -0.260. The highest BCUT2D eigenvalue weighted by Gasteiger charge is 2.25. The lowest BCUT2D eigenvalue weighted by Gasteiger charge is -2.11. The average molecular weight is 463 g/mol. The van der Waals surface area contributed by atoms with Gasteiger partial charge in [-0.1, -0.05) is 46.9 Å². The lowest BCUT2D eigenvalue weighted by atomic mass is 10.1. The largest absolute Gasteiger partial charge is 0.325 e. The van der Waals surface area contributed by atoms with Crippen LogP contribution in [0.3, 0.4) is 0 Å². The molecule has 3 aromatic rings. The fourth-order valence-electron chi connectivity index (χ4n) is 3.54. The van der Waals surface area contributed by atoms with E-state index in [1.165, 1.54) is 0 Å². The lowest BCUT2D eigenvalue weighted by molar-refractivity contribution is -0.572. The van der Waals surface area contributed by atoms with Crippen molar-refractivity contribution >= 4 is 46.9 Å². The van der Waals surface area contributed by atoms with E-state index in [1.807, 2.05) is 30.0 Å². The molecular weight excluding hydrogens is 443 g/mol. The van der Waals surface area contributed by atoms with E-state index in [2.05, 4.69) is 10.5 Å². The van der Waals surface area contributed by atoms with Crippen LogP contribution in [-0.2, 0) is 0 Å². The van der Waals surface area contributed by atoms with Gasteiger partial charge in [0.15, 0.2) is 18.5 Å². The van der Waals surface area contributed by atoms with Gasteiger partial charge in [0.2, 0.25) is 0 Å². The second kappa shape index (κ2) is 8.80. The summed E-state index contributed by atoms with van der Waals surface area (Å²) in [5, 5.41) is 6.24. The number of carbonyl (C=O) groups excluding carboxylic acids is 1. The van der Waals surface area contributed by atoms with Gasteiger partial charge in [0.1, 0.15) is 0 Å². The first-order valence-corrected chi connectivity index (χ1v) is 10.8. The molecule has 1 N–H and O–H groups in total. The highest BCUT2D eigenvalue weighted by molar-refractivity contribution is 6.35. The van der Waals surface area contributed by atoms with Crippen molar-refractivity contribution in [2.24, 2.45) is 0 Å². The molecule has 0 atom stereocenters. The van der Waals surface area contributed by atoms with Gasteiger partial charge in [-0.2, -0.15) is 5.10 Å². The van der Waals surface area contributed by atoms with Crippen LogP contribution in [0.4, 0.5) is 0 Å². The van der Waals surface area contributed by atoms with E-state index in [1.54, 1.807) is 35.0 Å². The van der Waals surface area contributed by atoms with E-state index in [9.17, 15) is 4.79 Å². The molecule has 0 radical (unpaired) electrons. The number of hydrogen-bond donors (Lipinski definition) is 1. The maximum Gasteiger partial charge on any atom is 0.325 e. The number of hydrazine groups is 1. The molecule has 1 aliphatic heterocycles. The minimum Gasteiger partial charge on any atom is -0.262 e. The summed E-state index contributed by atoms with van der Waals surface area (Å²) in [5.74, 6) is -0.260. The van der Waals surface area contributed by atoms with Crippen LogP contribution in [0.25, 0.3) is 16.9 Å². The van der Waals surface area contributed by atoms with Crippen molar-refractivity contribution < 1.29 is 9.48 Å². The Bertz CT molecular complexity index is 1140. The van der Waals surface area contributed by atoms with E-state index < -0.39 is 0 Å². The number of rotatable bonds is 4. The average Bonchev–Trinajstić information content (AvgIpc) is 3.06. The Hall–Kier alpha value is -2.34. The number of carbonyl (C=O) groups is 1. The molecule has 2 aromatic carbocycles. The smallest absolute Gasteiger partial charge is 0.262 e. The molecule has 0 fully saturated rings. The summed E-state index contributed by atoms with van der Waals surface area (Å²) in [6, 6.07) is 12.6. The molecule has 0 spiro atoms. The highest BCUT2D eigenvalue weighted by atomic mass is 35.5. The van der Waals surface area contributed by atoms with Crippen LogP contribution >= 0.6 is 34.8 Å². The fraction of sp³-hybridized carbons (Fsp3) is 0.227. The van der Waals surface area contributed by atoms with Gasteiger partial charge in [0, 0.05) is 34.0 Å². The molecule has 2 heterocycles. The summed E-state index contributed by atoms with van der Waals surface area (Å²) in [4.78, 5) is 13.0. The standard InChI is InChI=1S/C22H19Cl3N4O/c1-14-20(22(30)27-28-11-3-2-4-12-28)26-29(19-10-9-17(24)13-18(19)25)21(14)15-5-7-16(23)8-6-15/h5-11,13H,2-4,12H2,1H3/p+1. The zero-order chi connectivity index (χ0) is 21.3. The summed E-state index contributed by atoms with van der Waals surface area (Å²) < 4.78 is 3.52. The Morgan fingerprint density at radius 2 is 1.80 bits per heavy atom. The zero-order valence-electron chi connectivity index (χ0n) is 16.3. The number of hydrazone groups is 1. The quantitative estimate of drug-likeness (QED) is 0.504. The van der Waals surface area contributed by atoms with E-state index in [-0.39, 0.29) is 5.91 Å². The lowest BCUT2D eigenvalue weighted by Crippen LogP contribution is -2.38. The Morgan fingerprint density at radius 3 is 2.47 bits per heavy atom. The van der Waals surface area contributed by atoms with Crippen LogP contribution in [-0.4, -0.2) is 33.1 Å². The molecule has 1 aromatic heterocycles. The maximum absolute atomic E-state index is 13.0. The third-order valence-electron chi connectivity index (χ3n) is 5.04. The van der Waals surface area contributed by atoms with Crippen molar-refractivity contribution in [3.63, 3.8) is 0 Å². The molecule has 0 unspecified atom stereocenters. The van der Waals surface area contributed by atoms with Crippen LogP contribution in [0.1, 0.15) is 35.3 Å². The molecule has 1 amide bonds. The molecule has 0 saturated carbocycles. The topological polar surface area (TPSA) is 49.9 Å². The Morgan fingerprint density at radius 1 is 1.07 bits per heavy atom. The Balaban J connectivity index is 1.83. The summed E-state index contributed by atoms with van der Waals surface area (Å²) in [5.41, 5.74) is 6.30. The number of nitrogens with one attached hydrogen (secondary N) is 1. The number of benzene rings is 2. The van der Waals surface area contributed by atoms with Crippen molar-refractivity contribution in [2.45, 2.75) is 26.2 Å². The number of amides is 1. The van der Waals surface area contributed by atoms with Crippen LogP contribution in [0, 0.1) is 6.92 Å². The third kappa shape index (κ3) is 4.24. The van der Waals surface area contributed by atoms with E-state index in [4.69, 9.17) is 34.8 Å². The van der Waals surface area contributed by atoms with Crippen molar-refractivity contribution in [3.8, 4) is 16.9 Å². The van der Waals surface area contributed by atoms with Gasteiger partial charge in [-0.05, 0) is 43.7 Å². The van der Waals surface area contributed by atoms with Gasteiger partial charge < -0.3 is 0 Å². The molecular formula is C22H20Cl3N4O+. The first-order valence-electron chi connectivity index (χ1n) is 9.66. The van der Waals surface area contributed by atoms with Gasteiger partial charge in [0.05, 0.1) is 16.4 Å². The second-order valence-electron chi connectivity index (χ2n) is 7.15. The van der Waals surface area contributed by atoms with Crippen molar-refractivity contribution in [3.05, 3.63) is 68.8 Å². The first-order chi connectivity index (χ1) is 14.4. The minimum absolute atomic E-state index is 0.260. The SMILES string of the molecule is Cc1c(C(=O)N[N+]2=CCCCC2)nn(-c2ccc(Cl)cc2Cl)c1-c1ccc(Cl)cc1. The molecule has 8 heteroatoms. The van der Waals surface area contributed by atoms with E-state index in [0.29, 0.717) is 26.4 Å². The third-order valence-corrected chi connectivity index (χ3v) is 5.83. The van der Waals surface area contributed by atoms with Crippen LogP contribution in [0.5, 0.6) is 0 Å². The number of halogens is 3. The number of aromatic nitrogens is 2. The van der Waals surface area contributed by atoms with Gasteiger partial charge >= 0.3 is 5.91 Å². The molecule has 0 saturated heterocycles. The van der Waals surface area contributed by atoms with Gasteiger partial charge in [-0.15, -0.1) is 10.1 Å². The van der Waals surface area contributed by atoms with E-state index in [0.717, 1.165) is 42.6 Å². The zero-order valence-corrected chi connectivity index (χ0v) is 18.6. The monoisotopic (exact) mass is 461 g/mol. The summed E-state index contributed by atoms with van der Waals surface area (Å²) in [7, 11) is 0.